The van der Waals surface area contributed by atoms with E-state index in [2.05, 4.69) is 34.5 Å². The van der Waals surface area contributed by atoms with Crippen molar-refractivity contribution in [1.82, 2.24) is 10.2 Å². The summed E-state index contributed by atoms with van der Waals surface area (Å²) in [4.78, 5) is 15.2. The Balaban J connectivity index is 1.28. The minimum atomic E-state index is 0.276. The van der Waals surface area contributed by atoms with Crippen LogP contribution in [0.4, 0.5) is 0 Å². The van der Waals surface area contributed by atoms with Crippen LogP contribution < -0.4 is 5.32 Å². The number of fused-ring (bicyclic) bond motifs is 2. The monoisotopic (exact) mass is 352 g/mol. The van der Waals surface area contributed by atoms with Gasteiger partial charge in [0.2, 0.25) is 5.91 Å². The summed E-state index contributed by atoms with van der Waals surface area (Å²) in [6.45, 7) is 3.81. The highest BCUT2D eigenvalue weighted by molar-refractivity contribution is 5.77. The van der Waals surface area contributed by atoms with E-state index in [1.165, 1.54) is 76.6 Å². The molecule has 5 rings (SSSR count). The van der Waals surface area contributed by atoms with E-state index in [1.54, 1.807) is 5.56 Å². The van der Waals surface area contributed by atoms with Gasteiger partial charge in [0.25, 0.3) is 0 Å². The predicted molar refractivity (Wildman–Crippen MR) is 104 cm³/mol. The molecule has 1 aromatic carbocycles. The van der Waals surface area contributed by atoms with Crippen LogP contribution in [0.25, 0.3) is 0 Å². The Hall–Kier alpha value is -1.35. The zero-order valence-corrected chi connectivity index (χ0v) is 15.9. The first-order valence-electron chi connectivity index (χ1n) is 10.8. The smallest absolute Gasteiger partial charge is 0.220 e. The van der Waals surface area contributed by atoms with E-state index in [-0.39, 0.29) is 5.91 Å². The fraction of sp³-hybridized carbons (Fsp3) is 0.696. The van der Waals surface area contributed by atoms with E-state index in [9.17, 15) is 4.79 Å². The molecular formula is C23H32N2O. The molecule has 1 aromatic rings. The molecule has 1 saturated heterocycles. The van der Waals surface area contributed by atoms with Crippen molar-refractivity contribution >= 4 is 5.91 Å². The quantitative estimate of drug-likeness (QED) is 0.869. The van der Waals surface area contributed by atoms with Crippen LogP contribution in [0.15, 0.2) is 24.3 Å². The van der Waals surface area contributed by atoms with Gasteiger partial charge in [-0.2, -0.15) is 0 Å². The van der Waals surface area contributed by atoms with Gasteiger partial charge in [0.05, 0.1) is 0 Å². The Bertz CT molecular complexity index is 669. The molecule has 1 heterocycles. The molecule has 3 heteroatoms. The number of hydrogen-bond donors (Lipinski definition) is 1. The Labute approximate surface area is 157 Å². The zero-order valence-electron chi connectivity index (χ0n) is 15.9. The minimum absolute atomic E-state index is 0.276. The van der Waals surface area contributed by atoms with Crippen molar-refractivity contribution in [3.05, 3.63) is 35.4 Å². The zero-order chi connectivity index (χ0) is 17.6. The van der Waals surface area contributed by atoms with Gasteiger partial charge in [0.15, 0.2) is 0 Å². The van der Waals surface area contributed by atoms with Gasteiger partial charge >= 0.3 is 0 Å². The summed E-state index contributed by atoms with van der Waals surface area (Å²) in [5, 5.41) is 3.25. The largest absolute Gasteiger partial charge is 0.353 e. The van der Waals surface area contributed by atoms with E-state index in [0.717, 1.165) is 5.92 Å². The average molecular weight is 353 g/mol. The molecule has 3 fully saturated rings. The number of carbonyl (C=O) groups is 1. The summed E-state index contributed by atoms with van der Waals surface area (Å²) >= 11 is 0. The lowest BCUT2D eigenvalue weighted by molar-refractivity contribution is -0.122. The topological polar surface area (TPSA) is 32.3 Å². The van der Waals surface area contributed by atoms with Gasteiger partial charge < -0.3 is 10.2 Å². The highest BCUT2D eigenvalue weighted by Gasteiger charge is 2.46. The number of likely N-dealkylation sites (tertiary alicyclic amines) is 1. The molecule has 140 valence electrons. The van der Waals surface area contributed by atoms with E-state index < -0.39 is 0 Å². The maximum atomic E-state index is 12.5. The standard InChI is InChI=1S/C23H32N2O/c26-22(24-19-4-3-5-19)14-18-15-23(21-7-2-1-6-20(18)21)10-12-25(13-11-23)16-17-8-9-17/h1-2,6-7,17-19H,3-5,8-16H2,(H,24,26)/t18-/m0/s1. The number of nitrogens with zero attached hydrogens (tertiary/aromatic N) is 1. The van der Waals surface area contributed by atoms with Crippen LogP contribution in [0.3, 0.4) is 0 Å². The number of rotatable bonds is 5. The highest BCUT2D eigenvalue weighted by atomic mass is 16.1. The van der Waals surface area contributed by atoms with Gasteiger partial charge in [0.1, 0.15) is 0 Å². The van der Waals surface area contributed by atoms with Gasteiger partial charge in [-0.3, -0.25) is 4.79 Å². The number of nitrogens with one attached hydrogen (secondary N) is 1. The summed E-state index contributed by atoms with van der Waals surface area (Å²) < 4.78 is 0. The second-order valence-electron chi connectivity index (χ2n) is 9.41. The summed E-state index contributed by atoms with van der Waals surface area (Å²) in [6.07, 6.45) is 10.9. The third-order valence-corrected chi connectivity index (χ3v) is 7.54. The Morgan fingerprint density at radius 2 is 1.88 bits per heavy atom. The van der Waals surface area contributed by atoms with Crippen molar-refractivity contribution in [2.24, 2.45) is 5.92 Å². The summed E-state index contributed by atoms with van der Waals surface area (Å²) in [5.41, 5.74) is 3.36. The second-order valence-corrected chi connectivity index (χ2v) is 9.41. The average Bonchev–Trinajstić information content (AvgIpc) is 3.39. The first kappa shape index (κ1) is 16.8. The molecule has 1 amide bonds. The number of amides is 1. The summed E-state index contributed by atoms with van der Waals surface area (Å²) in [5.74, 6) is 1.68. The maximum absolute atomic E-state index is 12.5. The number of hydrogen-bond acceptors (Lipinski definition) is 2. The van der Waals surface area contributed by atoms with E-state index in [4.69, 9.17) is 0 Å². The van der Waals surface area contributed by atoms with Crippen LogP contribution >= 0.6 is 0 Å². The molecule has 0 radical (unpaired) electrons. The molecular weight excluding hydrogens is 320 g/mol. The third kappa shape index (κ3) is 3.19. The molecule has 0 unspecified atom stereocenters. The van der Waals surface area contributed by atoms with Gasteiger partial charge in [-0.15, -0.1) is 0 Å². The molecule has 0 aromatic heterocycles. The molecule has 1 N–H and O–H groups in total. The lowest BCUT2D eigenvalue weighted by Crippen LogP contribution is -2.42. The van der Waals surface area contributed by atoms with Crippen LogP contribution in [0.5, 0.6) is 0 Å². The van der Waals surface area contributed by atoms with E-state index in [0.29, 0.717) is 23.8 Å². The van der Waals surface area contributed by atoms with E-state index in [1.807, 2.05) is 0 Å². The van der Waals surface area contributed by atoms with Crippen molar-refractivity contribution < 1.29 is 4.79 Å². The number of piperidine rings is 1. The summed E-state index contributed by atoms with van der Waals surface area (Å²) in [6, 6.07) is 9.47. The van der Waals surface area contributed by atoms with Crippen LogP contribution in [-0.4, -0.2) is 36.5 Å². The van der Waals surface area contributed by atoms with Crippen LogP contribution in [0.2, 0.25) is 0 Å². The molecule has 1 atom stereocenters. The normalized spacial score (nSPS) is 27.9. The summed E-state index contributed by atoms with van der Waals surface area (Å²) in [7, 11) is 0. The number of benzene rings is 1. The molecule has 1 aliphatic heterocycles. The maximum Gasteiger partial charge on any atom is 0.220 e. The van der Waals surface area contributed by atoms with Crippen molar-refractivity contribution in [3.63, 3.8) is 0 Å². The van der Waals surface area contributed by atoms with Crippen molar-refractivity contribution in [2.75, 3.05) is 19.6 Å². The fourth-order valence-corrected chi connectivity index (χ4v) is 5.58. The van der Waals surface area contributed by atoms with Crippen LogP contribution in [0, 0.1) is 5.92 Å². The van der Waals surface area contributed by atoms with Crippen molar-refractivity contribution in [1.29, 1.82) is 0 Å². The van der Waals surface area contributed by atoms with Crippen LogP contribution in [-0.2, 0) is 10.2 Å². The Morgan fingerprint density at radius 3 is 2.58 bits per heavy atom. The molecule has 0 bridgehead atoms. The third-order valence-electron chi connectivity index (χ3n) is 7.54. The second kappa shape index (κ2) is 6.67. The van der Waals surface area contributed by atoms with Gasteiger partial charge in [0, 0.05) is 19.0 Å². The lowest BCUT2D eigenvalue weighted by atomic mass is 9.73. The van der Waals surface area contributed by atoms with Crippen LogP contribution in [0.1, 0.15) is 74.8 Å². The Morgan fingerprint density at radius 1 is 1.12 bits per heavy atom. The van der Waals surface area contributed by atoms with Gasteiger partial charge in [-0.1, -0.05) is 24.3 Å². The molecule has 1 spiro atoms. The van der Waals surface area contributed by atoms with Gasteiger partial charge in [-0.25, -0.2) is 0 Å². The van der Waals surface area contributed by atoms with Gasteiger partial charge in [-0.05, 0) is 92.8 Å². The van der Waals surface area contributed by atoms with Crippen molar-refractivity contribution in [2.45, 2.75) is 75.2 Å². The molecule has 2 saturated carbocycles. The minimum Gasteiger partial charge on any atom is -0.353 e. The molecule has 3 aliphatic carbocycles. The fourth-order valence-electron chi connectivity index (χ4n) is 5.58. The molecule has 26 heavy (non-hydrogen) atoms. The predicted octanol–water partition coefficient (Wildman–Crippen LogP) is 3.98. The lowest BCUT2D eigenvalue weighted by Gasteiger charge is -2.40. The molecule has 4 aliphatic rings. The SMILES string of the molecule is O=C(C[C@H]1CC2(CCN(CC3CC3)CC2)c2ccccc21)NC1CCC1. The van der Waals surface area contributed by atoms with Crippen molar-refractivity contribution in [3.8, 4) is 0 Å². The van der Waals surface area contributed by atoms with E-state index >= 15 is 0 Å². The first-order valence-corrected chi connectivity index (χ1v) is 10.8. The Kier molecular flexibility index (Phi) is 4.31. The first-order chi connectivity index (χ1) is 12.7. The number of carbonyl (C=O) groups excluding carboxylic acids is 1. The molecule has 3 nitrogen and oxygen atoms in total. The highest BCUT2D eigenvalue weighted by Crippen LogP contribution is 2.52.